The van der Waals surface area contributed by atoms with Gasteiger partial charge in [-0.05, 0) is 85.6 Å². The van der Waals surface area contributed by atoms with Crippen LogP contribution in [0.3, 0.4) is 0 Å². The van der Waals surface area contributed by atoms with Crippen LogP contribution in [0.5, 0.6) is 5.75 Å². The van der Waals surface area contributed by atoms with Crippen molar-refractivity contribution < 1.29 is 28.1 Å². The highest BCUT2D eigenvalue weighted by atomic mass is 32.2. The van der Waals surface area contributed by atoms with Gasteiger partial charge in [0.2, 0.25) is 0 Å². The molecule has 206 valence electrons. The number of hydrogen-bond donors (Lipinski definition) is 3. The third kappa shape index (κ3) is 6.43. The number of halogens is 3. The molecule has 2 heterocycles. The quantitative estimate of drug-likeness (QED) is 0.234. The number of ether oxygens (including phenoxy) is 1. The smallest absolute Gasteiger partial charge is 0.194 e. The van der Waals surface area contributed by atoms with Crippen molar-refractivity contribution >= 4 is 22.7 Å². The number of pyridine rings is 1. The van der Waals surface area contributed by atoms with E-state index in [1.165, 1.54) is 11.8 Å². The minimum absolute atomic E-state index is 0.0328. The highest BCUT2D eigenvalue weighted by Crippen LogP contribution is 2.40. The lowest BCUT2D eigenvalue weighted by Crippen LogP contribution is -2.43. The molecule has 0 radical (unpaired) electrons. The van der Waals surface area contributed by atoms with Crippen LogP contribution in [0.25, 0.3) is 10.9 Å². The molecule has 1 saturated heterocycles. The SMILES string of the molecule is COc1ccc2ncc(CN)c([C@H](O)CCC3(CO)CCN(CCSc4cc(F)c(F)c(F)c4)CC3)c2c1. The number of aliphatic hydroxyl groups is 2. The number of likely N-dealkylation sites (tertiary alicyclic amines) is 1. The first-order valence-corrected chi connectivity index (χ1v) is 13.7. The normalized spacial score (nSPS) is 16.6. The highest BCUT2D eigenvalue weighted by Gasteiger charge is 2.34. The zero-order chi connectivity index (χ0) is 27.3. The van der Waals surface area contributed by atoms with Gasteiger partial charge in [0, 0.05) is 41.9 Å². The lowest BCUT2D eigenvalue weighted by molar-refractivity contribution is 0.0253. The molecule has 10 heteroatoms. The van der Waals surface area contributed by atoms with Gasteiger partial charge in [0.25, 0.3) is 0 Å². The summed E-state index contributed by atoms with van der Waals surface area (Å²) in [6.07, 6.45) is 3.62. The molecule has 0 saturated carbocycles. The third-order valence-electron chi connectivity index (χ3n) is 7.59. The highest BCUT2D eigenvalue weighted by molar-refractivity contribution is 7.99. The first kappa shape index (κ1) is 28.6. The molecule has 0 spiro atoms. The van der Waals surface area contributed by atoms with Crippen LogP contribution in [0.4, 0.5) is 13.2 Å². The number of rotatable bonds is 11. The predicted molar refractivity (Wildman–Crippen MR) is 143 cm³/mol. The minimum atomic E-state index is -1.45. The van der Waals surface area contributed by atoms with Gasteiger partial charge in [-0.15, -0.1) is 11.8 Å². The molecule has 4 N–H and O–H groups in total. The summed E-state index contributed by atoms with van der Waals surface area (Å²) in [5, 5.41) is 22.4. The van der Waals surface area contributed by atoms with E-state index in [-0.39, 0.29) is 18.6 Å². The van der Waals surface area contributed by atoms with E-state index >= 15 is 0 Å². The second-order valence-electron chi connectivity index (χ2n) is 9.89. The molecule has 4 rings (SSSR count). The summed E-state index contributed by atoms with van der Waals surface area (Å²) >= 11 is 1.28. The fraction of sp³-hybridized carbons (Fsp3) is 0.464. The van der Waals surface area contributed by atoms with Crippen molar-refractivity contribution in [2.75, 3.05) is 39.1 Å². The molecule has 1 atom stereocenters. The average Bonchev–Trinajstić information content (AvgIpc) is 2.94. The molecule has 3 aromatic rings. The summed E-state index contributed by atoms with van der Waals surface area (Å²) in [7, 11) is 1.59. The van der Waals surface area contributed by atoms with Gasteiger partial charge in [-0.3, -0.25) is 4.98 Å². The van der Waals surface area contributed by atoms with Gasteiger partial charge in [-0.1, -0.05) is 0 Å². The molecular formula is C28H34F3N3O3S. The van der Waals surface area contributed by atoms with Gasteiger partial charge >= 0.3 is 0 Å². The van der Waals surface area contributed by atoms with Crippen molar-refractivity contribution in [3.8, 4) is 5.75 Å². The van der Waals surface area contributed by atoms with Gasteiger partial charge < -0.3 is 25.6 Å². The number of hydrogen-bond acceptors (Lipinski definition) is 7. The van der Waals surface area contributed by atoms with E-state index in [0.717, 1.165) is 60.1 Å². The Kier molecular flexibility index (Phi) is 9.54. The Morgan fingerprint density at radius 3 is 2.50 bits per heavy atom. The first-order valence-electron chi connectivity index (χ1n) is 12.7. The molecule has 1 fully saturated rings. The number of nitrogens with two attached hydrogens (primary N) is 1. The Morgan fingerprint density at radius 1 is 1.16 bits per heavy atom. The Labute approximate surface area is 225 Å². The number of fused-ring (bicyclic) bond motifs is 1. The molecule has 0 bridgehead atoms. The molecule has 2 aromatic carbocycles. The van der Waals surface area contributed by atoms with Gasteiger partial charge in [-0.25, -0.2) is 13.2 Å². The fourth-order valence-corrected chi connectivity index (χ4v) is 6.11. The van der Waals surface area contributed by atoms with Crippen molar-refractivity contribution in [3.63, 3.8) is 0 Å². The fourth-order valence-electron chi connectivity index (χ4n) is 5.15. The summed E-state index contributed by atoms with van der Waals surface area (Å²) in [6.45, 7) is 2.53. The number of aliphatic hydroxyl groups excluding tert-OH is 2. The van der Waals surface area contributed by atoms with Crippen LogP contribution in [-0.4, -0.2) is 59.2 Å². The lowest BCUT2D eigenvalue weighted by Gasteiger charge is -2.41. The van der Waals surface area contributed by atoms with Gasteiger partial charge in [-0.2, -0.15) is 0 Å². The second-order valence-corrected chi connectivity index (χ2v) is 11.1. The van der Waals surface area contributed by atoms with E-state index in [0.29, 0.717) is 35.8 Å². The molecule has 6 nitrogen and oxygen atoms in total. The predicted octanol–water partition coefficient (Wildman–Crippen LogP) is 4.80. The van der Waals surface area contributed by atoms with Crippen LogP contribution in [0.15, 0.2) is 41.4 Å². The maximum atomic E-state index is 13.4. The van der Waals surface area contributed by atoms with Crippen molar-refractivity contribution in [2.24, 2.45) is 11.1 Å². The number of benzene rings is 2. The Morgan fingerprint density at radius 2 is 1.87 bits per heavy atom. The summed E-state index contributed by atoms with van der Waals surface area (Å²) in [6, 6.07) is 7.58. The van der Waals surface area contributed by atoms with Crippen molar-refractivity contribution in [1.82, 2.24) is 9.88 Å². The molecule has 0 amide bonds. The zero-order valence-electron chi connectivity index (χ0n) is 21.4. The molecule has 0 unspecified atom stereocenters. The van der Waals surface area contributed by atoms with Crippen LogP contribution < -0.4 is 10.5 Å². The number of piperidine rings is 1. The van der Waals surface area contributed by atoms with Crippen molar-refractivity contribution in [1.29, 1.82) is 0 Å². The maximum Gasteiger partial charge on any atom is 0.194 e. The largest absolute Gasteiger partial charge is 0.497 e. The molecule has 1 aliphatic rings. The van der Waals surface area contributed by atoms with Crippen LogP contribution in [-0.2, 0) is 6.54 Å². The number of aromatic nitrogens is 1. The van der Waals surface area contributed by atoms with Gasteiger partial charge in [0.1, 0.15) is 5.75 Å². The lowest BCUT2D eigenvalue weighted by atomic mass is 9.74. The average molecular weight is 550 g/mol. The topological polar surface area (TPSA) is 91.8 Å². The summed E-state index contributed by atoms with van der Waals surface area (Å²) in [5.74, 6) is -2.54. The van der Waals surface area contributed by atoms with Crippen molar-refractivity contribution in [2.45, 2.75) is 43.2 Å². The van der Waals surface area contributed by atoms with Crippen LogP contribution in [0.2, 0.25) is 0 Å². The van der Waals surface area contributed by atoms with Gasteiger partial charge in [0.05, 0.1) is 18.7 Å². The summed E-state index contributed by atoms with van der Waals surface area (Å²) in [5.41, 5.74) is 7.97. The molecule has 38 heavy (non-hydrogen) atoms. The Hall–Kier alpha value is -2.37. The van der Waals surface area contributed by atoms with Crippen LogP contribution in [0.1, 0.15) is 42.9 Å². The minimum Gasteiger partial charge on any atom is -0.497 e. The number of nitrogens with zero attached hydrogens (tertiary/aromatic N) is 2. The standard InChI is InChI=1S/C28H34F3N3O3S/c1-37-19-2-3-24-21(12-19)26(18(15-32)16-33-24)25(36)4-5-28(17-35)6-8-34(9-7-28)10-11-38-20-13-22(29)27(31)23(30)14-20/h2-3,12-14,16,25,35-36H,4-11,15,17,32H2,1H3/t25-/m1/s1. The van der Waals surface area contributed by atoms with Crippen LogP contribution >= 0.6 is 11.8 Å². The summed E-state index contributed by atoms with van der Waals surface area (Å²) < 4.78 is 45.4. The monoisotopic (exact) mass is 549 g/mol. The molecule has 1 aromatic heterocycles. The van der Waals surface area contributed by atoms with E-state index < -0.39 is 23.6 Å². The number of methoxy groups -OCH3 is 1. The molecule has 0 aliphatic carbocycles. The Bertz CT molecular complexity index is 1230. The first-order chi connectivity index (χ1) is 18.3. The Balaban J connectivity index is 1.34. The second kappa shape index (κ2) is 12.7. The third-order valence-corrected chi connectivity index (χ3v) is 8.54. The van der Waals surface area contributed by atoms with Crippen molar-refractivity contribution in [3.05, 3.63) is 65.1 Å². The van der Waals surface area contributed by atoms with Crippen LogP contribution in [0, 0.1) is 22.9 Å². The van der Waals surface area contributed by atoms with E-state index in [1.54, 1.807) is 13.3 Å². The van der Waals surface area contributed by atoms with Gasteiger partial charge in [0.15, 0.2) is 17.5 Å². The van der Waals surface area contributed by atoms with E-state index in [2.05, 4.69) is 9.88 Å². The van der Waals surface area contributed by atoms with E-state index in [1.807, 2.05) is 18.2 Å². The van der Waals surface area contributed by atoms with E-state index in [4.69, 9.17) is 10.5 Å². The number of thioether (sulfide) groups is 1. The summed E-state index contributed by atoms with van der Waals surface area (Å²) in [4.78, 5) is 7.08. The maximum absolute atomic E-state index is 13.4. The molecule has 1 aliphatic heterocycles. The zero-order valence-corrected chi connectivity index (χ0v) is 22.2. The van der Waals surface area contributed by atoms with E-state index in [9.17, 15) is 23.4 Å². The molecular weight excluding hydrogens is 515 g/mol.